The van der Waals surface area contributed by atoms with Crippen molar-refractivity contribution in [2.45, 2.75) is 11.7 Å². The number of benzene rings is 1. The highest BCUT2D eigenvalue weighted by atomic mass is 35.5. The molecule has 0 saturated carbocycles. The zero-order chi connectivity index (χ0) is 10.4. The van der Waals surface area contributed by atoms with Crippen molar-refractivity contribution in [3.05, 3.63) is 34.9 Å². The number of nitrogens with zero attached hydrogens (tertiary/aromatic N) is 1. The van der Waals surface area contributed by atoms with E-state index < -0.39 is 0 Å². The van der Waals surface area contributed by atoms with Gasteiger partial charge in [-0.3, -0.25) is 0 Å². The Morgan fingerprint density at radius 2 is 2.29 bits per heavy atom. The van der Waals surface area contributed by atoms with Gasteiger partial charge in [0.2, 0.25) is 0 Å². The molecule has 1 rings (SSSR count). The molecule has 1 nitrogen and oxygen atoms in total. The molecule has 0 spiro atoms. The molecule has 0 heterocycles. The van der Waals surface area contributed by atoms with Gasteiger partial charge in [-0.05, 0) is 35.9 Å². The fraction of sp³-hybridized carbons (Fsp3) is 0.300. The van der Waals surface area contributed by atoms with Gasteiger partial charge in [0.25, 0.3) is 0 Å². The van der Waals surface area contributed by atoms with Crippen LogP contribution < -0.4 is 0 Å². The minimum Gasteiger partial charge on any atom is -0.185 e. The molecule has 0 fully saturated rings. The predicted molar refractivity (Wildman–Crippen MR) is 62.9 cm³/mol. The van der Waals surface area contributed by atoms with E-state index in [0.29, 0.717) is 5.88 Å². The molecule has 0 unspecified atom stereocenters. The summed E-state index contributed by atoms with van der Waals surface area (Å²) in [6.07, 6.45) is 0.780. The highest BCUT2D eigenvalue weighted by Crippen LogP contribution is 2.19. The van der Waals surface area contributed by atoms with Gasteiger partial charge in [0.15, 0.2) is 0 Å². The van der Waals surface area contributed by atoms with Crippen LogP contribution in [-0.4, -0.2) is 11.1 Å². The van der Waals surface area contributed by atoms with Crippen molar-refractivity contribution in [2.75, 3.05) is 5.88 Å². The van der Waals surface area contributed by atoms with Crippen LogP contribution in [0.5, 0.6) is 0 Å². The Morgan fingerprint density at radius 1 is 1.50 bits per heavy atom. The summed E-state index contributed by atoms with van der Waals surface area (Å²) in [7, 11) is 0. The van der Waals surface area contributed by atoms with Gasteiger partial charge < -0.3 is 0 Å². The molecule has 0 bridgehead atoms. The number of halogens is 2. The van der Waals surface area contributed by atoms with Crippen LogP contribution in [0.2, 0.25) is 5.02 Å². The van der Waals surface area contributed by atoms with Crippen LogP contribution in [0.25, 0.3) is 0 Å². The molecule has 1 aromatic carbocycles. The van der Waals surface area contributed by atoms with Crippen LogP contribution in [0.3, 0.4) is 0 Å². The normalized spacial score (nSPS) is 12.1. The Balaban J connectivity index is 2.63. The highest BCUT2D eigenvalue weighted by molar-refractivity contribution is 8.04. The van der Waals surface area contributed by atoms with Crippen LogP contribution >= 0.6 is 35.0 Å². The summed E-state index contributed by atoms with van der Waals surface area (Å²) in [5.41, 5.74) is 1.12. The first-order valence-corrected chi connectivity index (χ1v) is 5.90. The topological polar surface area (TPSA) is 23.8 Å². The number of rotatable bonds is 4. The molecule has 0 saturated heterocycles. The fourth-order valence-electron chi connectivity index (χ4n) is 1.13. The number of nitriles is 1. The molecule has 0 aliphatic carbocycles. The molecule has 0 N–H and O–H groups in total. The largest absolute Gasteiger partial charge is 0.185 e. The van der Waals surface area contributed by atoms with E-state index in [9.17, 15) is 0 Å². The number of alkyl halides is 1. The first-order chi connectivity index (χ1) is 6.76. The molecule has 0 radical (unpaired) electrons. The summed E-state index contributed by atoms with van der Waals surface area (Å²) in [5.74, 6) is 0.477. The zero-order valence-corrected chi connectivity index (χ0v) is 9.74. The van der Waals surface area contributed by atoms with E-state index in [-0.39, 0.29) is 5.25 Å². The smallest absolute Gasteiger partial charge is 0.133 e. The van der Waals surface area contributed by atoms with Crippen LogP contribution in [0.15, 0.2) is 24.3 Å². The van der Waals surface area contributed by atoms with E-state index in [1.54, 1.807) is 0 Å². The van der Waals surface area contributed by atoms with Gasteiger partial charge in [0, 0.05) is 16.2 Å². The lowest BCUT2D eigenvalue weighted by Crippen LogP contribution is -2.07. The van der Waals surface area contributed by atoms with E-state index >= 15 is 0 Å². The summed E-state index contributed by atoms with van der Waals surface area (Å²) in [6.45, 7) is 0. The third-order valence-corrected chi connectivity index (χ3v) is 3.31. The summed E-state index contributed by atoms with van der Waals surface area (Å²) in [5, 5.41) is 11.4. The van der Waals surface area contributed by atoms with Crippen molar-refractivity contribution in [2.24, 2.45) is 0 Å². The molecule has 0 aliphatic rings. The van der Waals surface area contributed by atoms with E-state index in [0.717, 1.165) is 17.0 Å². The Hall–Kier alpha value is -0.360. The van der Waals surface area contributed by atoms with Gasteiger partial charge >= 0.3 is 0 Å². The quantitative estimate of drug-likeness (QED) is 0.597. The van der Waals surface area contributed by atoms with Gasteiger partial charge in [-0.25, -0.2) is 0 Å². The van der Waals surface area contributed by atoms with Gasteiger partial charge in [0.1, 0.15) is 5.40 Å². The van der Waals surface area contributed by atoms with Crippen molar-refractivity contribution >= 4 is 35.0 Å². The number of thiocyanates is 1. The van der Waals surface area contributed by atoms with Crippen LogP contribution in [0.1, 0.15) is 5.56 Å². The van der Waals surface area contributed by atoms with E-state index in [4.69, 9.17) is 28.5 Å². The summed E-state index contributed by atoms with van der Waals surface area (Å²) in [4.78, 5) is 0. The average molecular weight is 246 g/mol. The van der Waals surface area contributed by atoms with Crippen molar-refractivity contribution in [1.82, 2.24) is 0 Å². The molecule has 1 aromatic rings. The number of hydrogen-bond acceptors (Lipinski definition) is 2. The highest BCUT2D eigenvalue weighted by Gasteiger charge is 2.08. The van der Waals surface area contributed by atoms with Crippen molar-refractivity contribution in [3.63, 3.8) is 0 Å². The van der Waals surface area contributed by atoms with Crippen LogP contribution in [0.4, 0.5) is 0 Å². The Labute approximate surface area is 98.0 Å². The Kier molecular flexibility index (Phi) is 5.17. The molecule has 14 heavy (non-hydrogen) atoms. The van der Waals surface area contributed by atoms with E-state index in [1.807, 2.05) is 24.3 Å². The van der Waals surface area contributed by atoms with Crippen LogP contribution in [-0.2, 0) is 6.42 Å². The lowest BCUT2D eigenvalue weighted by atomic mass is 10.1. The van der Waals surface area contributed by atoms with Gasteiger partial charge in [0.05, 0.1) is 0 Å². The lowest BCUT2D eigenvalue weighted by Gasteiger charge is -2.08. The molecule has 74 valence electrons. The van der Waals surface area contributed by atoms with E-state index in [2.05, 4.69) is 5.40 Å². The van der Waals surface area contributed by atoms with Crippen LogP contribution in [0, 0.1) is 10.7 Å². The van der Waals surface area contributed by atoms with Crippen molar-refractivity contribution in [3.8, 4) is 5.40 Å². The predicted octanol–water partition coefficient (Wildman–Crippen LogP) is 3.70. The minimum atomic E-state index is 0.139. The van der Waals surface area contributed by atoms with E-state index in [1.165, 1.54) is 11.8 Å². The molecular formula is C10H9Cl2NS. The molecule has 1 atom stereocenters. The monoisotopic (exact) mass is 245 g/mol. The lowest BCUT2D eigenvalue weighted by molar-refractivity contribution is 0.954. The maximum absolute atomic E-state index is 8.53. The molecule has 0 aromatic heterocycles. The summed E-state index contributed by atoms with van der Waals surface area (Å²) in [6, 6.07) is 7.63. The zero-order valence-electron chi connectivity index (χ0n) is 7.41. The Morgan fingerprint density at radius 3 is 2.86 bits per heavy atom. The molecule has 0 amide bonds. The first-order valence-electron chi connectivity index (χ1n) is 4.11. The number of hydrogen-bond donors (Lipinski definition) is 0. The maximum Gasteiger partial charge on any atom is 0.133 e. The van der Waals surface area contributed by atoms with Gasteiger partial charge in [-0.2, -0.15) is 5.26 Å². The fourth-order valence-corrected chi connectivity index (χ4v) is 2.13. The summed E-state index contributed by atoms with van der Waals surface area (Å²) < 4.78 is 0. The minimum absolute atomic E-state index is 0.139. The third kappa shape index (κ3) is 3.79. The third-order valence-electron chi connectivity index (χ3n) is 1.74. The average Bonchev–Trinajstić information content (AvgIpc) is 2.17. The van der Waals surface area contributed by atoms with Gasteiger partial charge in [-0.15, -0.1) is 11.6 Å². The Bertz CT molecular complexity index is 335. The standard InChI is InChI=1S/C10H9Cl2NS/c11-6-10(14-7-13)5-8-2-1-3-9(12)4-8/h1-4,10H,5-6H2/t10-/m1/s1. The van der Waals surface area contributed by atoms with Gasteiger partial charge in [-0.1, -0.05) is 23.7 Å². The van der Waals surface area contributed by atoms with Crippen molar-refractivity contribution < 1.29 is 0 Å². The number of thioether (sulfide) groups is 1. The SMILES string of the molecule is N#CS[C@@H](CCl)Cc1cccc(Cl)c1. The maximum atomic E-state index is 8.53. The molecule has 4 heteroatoms. The molecule has 0 aliphatic heterocycles. The summed E-state index contributed by atoms with van der Waals surface area (Å²) >= 11 is 12.8. The van der Waals surface area contributed by atoms with Crippen molar-refractivity contribution in [1.29, 1.82) is 5.26 Å². The second kappa shape index (κ2) is 6.19. The molecular weight excluding hydrogens is 237 g/mol. The second-order valence-corrected chi connectivity index (χ2v) is 4.65. The first kappa shape index (κ1) is 11.7. The second-order valence-electron chi connectivity index (χ2n) is 2.82.